The highest BCUT2D eigenvalue weighted by atomic mass is 32.2. The maximum Gasteiger partial charge on any atom is 0.303 e. The van der Waals surface area contributed by atoms with Crippen molar-refractivity contribution in [2.24, 2.45) is 0 Å². The molecule has 2 heterocycles. The van der Waals surface area contributed by atoms with Crippen LogP contribution in [0.15, 0.2) is 41.3 Å². The van der Waals surface area contributed by atoms with Crippen LogP contribution in [0.25, 0.3) is 17.3 Å². The number of carboxylic acid groups (broad SMARTS) is 1. The van der Waals surface area contributed by atoms with E-state index in [1.54, 1.807) is 36.4 Å². The number of methoxy groups -OCH3 is 1. The van der Waals surface area contributed by atoms with Crippen molar-refractivity contribution in [2.45, 2.75) is 25.7 Å². The molecule has 2 aromatic rings. The van der Waals surface area contributed by atoms with Crippen molar-refractivity contribution in [3.05, 3.63) is 52.8 Å². The summed E-state index contributed by atoms with van der Waals surface area (Å²) < 4.78 is 19.4. The molecule has 31 heavy (non-hydrogen) atoms. The summed E-state index contributed by atoms with van der Waals surface area (Å²) in [6, 6.07) is 9.94. The number of hydrogen-bond donors (Lipinski definition) is 1. The molecule has 0 spiro atoms. The van der Waals surface area contributed by atoms with E-state index in [-0.39, 0.29) is 18.1 Å². The van der Waals surface area contributed by atoms with E-state index in [1.165, 1.54) is 29.8 Å². The predicted octanol–water partition coefficient (Wildman–Crippen LogP) is 4.74. The zero-order chi connectivity index (χ0) is 22.4. The van der Waals surface area contributed by atoms with E-state index < -0.39 is 11.8 Å². The molecule has 3 rings (SSSR count). The van der Waals surface area contributed by atoms with E-state index >= 15 is 0 Å². The monoisotopic (exact) mass is 460 g/mol. The first-order valence-corrected chi connectivity index (χ1v) is 10.9. The Balaban J connectivity index is 1.70. The second-order valence-electron chi connectivity index (χ2n) is 6.83. The van der Waals surface area contributed by atoms with Gasteiger partial charge in [-0.25, -0.2) is 9.37 Å². The molecule has 0 atom stereocenters. The van der Waals surface area contributed by atoms with E-state index in [0.717, 1.165) is 0 Å². The van der Waals surface area contributed by atoms with Gasteiger partial charge in [0.2, 0.25) is 0 Å². The fourth-order valence-corrected chi connectivity index (χ4v) is 4.36. The zero-order valence-electron chi connectivity index (χ0n) is 16.8. The maximum atomic E-state index is 14.0. The second kappa shape index (κ2) is 10.5. The van der Waals surface area contributed by atoms with Crippen LogP contribution in [0.5, 0.6) is 5.75 Å². The molecule has 0 radical (unpaired) electrons. The molecule has 1 N–H and O–H groups in total. The minimum atomic E-state index is -0.819. The summed E-state index contributed by atoms with van der Waals surface area (Å²) in [5.41, 5.74) is 1.74. The van der Waals surface area contributed by atoms with Gasteiger partial charge in [0.1, 0.15) is 4.32 Å². The molecule has 1 aromatic heterocycles. The third kappa shape index (κ3) is 5.89. The van der Waals surface area contributed by atoms with Crippen LogP contribution >= 0.6 is 24.0 Å². The number of pyridine rings is 1. The smallest absolute Gasteiger partial charge is 0.303 e. The van der Waals surface area contributed by atoms with Gasteiger partial charge in [-0.15, -0.1) is 0 Å². The summed E-state index contributed by atoms with van der Waals surface area (Å²) in [4.78, 5) is 29.8. The SMILES string of the molecule is COc1ccc(-c2cccc(C=C3SC(=S)N(CCCCCC(=O)O)C3=O)n2)cc1F. The molecule has 9 heteroatoms. The molecule has 1 amide bonds. The van der Waals surface area contributed by atoms with Gasteiger partial charge >= 0.3 is 5.97 Å². The minimum Gasteiger partial charge on any atom is -0.494 e. The normalized spacial score (nSPS) is 15.0. The summed E-state index contributed by atoms with van der Waals surface area (Å²) >= 11 is 6.54. The number of carbonyl (C=O) groups excluding carboxylic acids is 1. The van der Waals surface area contributed by atoms with E-state index in [4.69, 9.17) is 22.1 Å². The van der Waals surface area contributed by atoms with Crippen molar-refractivity contribution in [3.8, 4) is 17.0 Å². The summed E-state index contributed by atoms with van der Waals surface area (Å²) in [6.45, 7) is 0.459. The van der Waals surface area contributed by atoms with Crippen molar-refractivity contribution in [1.29, 1.82) is 0 Å². The van der Waals surface area contributed by atoms with Gasteiger partial charge in [0.25, 0.3) is 5.91 Å². The van der Waals surface area contributed by atoms with Crippen LogP contribution in [-0.4, -0.2) is 44.8 Å². The van der Waals surface area contributed by atoms with Gasteiger partial charge in [-0.1, -0.05) is 36.5 Å². The van der Waals surface area contributed by atoms with Crippen molar-refractivity contribution in [1.82, 2.24) is 9.88 Å². The molecule has 1 aromatic carbocycles. The first-order valence-electron chi connectivity index (χ1n) is 9.67. The lowest BCUT2D eigenvalue weighted by Crippen LogP contribution is -2.29. The molecular weight excluding hydrogens is 439 g/mol. The van der Waals surface area contributed by atoms with Crippen molar-refractivity contribution < 1.29 is 23.8 Å². The Labute approximate surface area is 189 Å². The molecule has 1 fully saturated rings. The number of aliphatic carboxylic acids is 1. The molecule has 1 aliphatic heterocycles. The molecule has 1 aliphatic rings. The van der Waals surface area contributed by atoms with E-state index in [9.17, 15) is 14.0 Å². The number of unbranched alkanes of at least 4 members (excludes halogenated alkanes) is 2. The first-order chi connectivity index (χ1) is 14.9. The highest BCUT2D eigenvalue weighted by Crippen LogP contribution is 2.33. The lowest BCUT2D eigenvalue weighted by atomic mass is 10.1. The Kier molecular flexibility index (Phi) is 7.75. The number of hydrogen-bond acceptors (Lipinski definition) is 6. The molecule has 6 nitrogen and oxygen atoms in total. The van der Waals surface area contributed by atoms with Gasteiger partial charge in [0, 0.05) is 18.5 Å². The number of nitrogens with zero attached hydrogens (tertiary/aromatic N) is 2. The average Bonchev–Trinajstić information content (AvgIpc) is 3.00. The Bertz CT molecular complexity index is 1040. The number of ether oxygens (including phenoxy) is 1. The third-order valence-electron chi connectivity index (χ3n) is 4.64. The van der Waals surface area contributed by atoms with Crippen LogP contribution < -0.4 is 4.74 Å². The number of thioether (sulfide) groups is 1. The molecule has 0 unspecified atom stereocenters. The summed E-state index contributed by atoms with van der Waals surface area (Å²) in [7, 11) is 1.41. The van der Waals surface area contributed by atoms with Crippen molar-refractivity contribution >= 4 is 46.3 Å². The molecule has 1 saturated heterocycles. The quantitative estimate of drug-likeness (QED) is 0.329. The van der Waals surface area contributed by atoms with Gasteiger partial charge in [-0.3, -0.25) is 14.5 Å². The lowest BCUT2D eigenvalue weighted by molar-refractivity contribution is -0.137. The van der Waals surface area contributed by atoms with Gasteiger partial charge in [-0.05, 0) is 49.2 Å². The number of aromatic nitrogens is 1. The molecule has 0 saturated carbocycles. The Hall–Kier alpha value is -2.78. The van der Waals surface area contributed by atoms with E-state index in [2.05, 4.69) is 4.98 Å². The van der Waals surface area contributed by atoms with Crippen LogP contribution in [0.3, 0.4) is 0 Å². The molecule has 162 valence electrons. The number of benzene rings is 1. The predicted molar refractivity (Wildman–Crippen MR) is 122 cm³/mol. The van der Waals surface area contributed by atoms with Crippen molar-refractivity contribution in [3.63, 3.8) is 0 Å². The number of amides is 1. The Morgan fingerprint density at radius 3 is 2.81 bits per heavy atom. The van der Waals surface area contributed by atoms with Crippen LogP contribution in [0, 0.1) is 5.82 Å². The fraction of sp³-hybridized carbons (Fsp3) is 0.273. The standard InChI is InChI=1S/C22H21FN2O4S2/c1-29-18-10-9-14(12-16(18)23)17-7-5-6-15(24-17)13-19-21(28)25(22(30)31-19)11-4-2-3-8-20(26)27/h5-7,9-10,12-13H,2-4,8,11H2,1H3,(H,26,27). The largest absolute Gasteiger partial charge is 0.494 e. The highest BCUT2D eigenvalue weighted by molar-refractivity contribution is 8.26. The molecular formula is C22H21FN2O4S2. The molecule has 0 bridgehead atoms. The van der Waals surface area contributed by atoms with E-state index in [1.807, 2.05) is 0 Å². The summed E-state index contributed by atoms with van der Waals surface area (Å²) in [5.74, 6) is -1.32. The topological polar surface area (TPSA) is 79.7 Å². The summed E-state index contributed by atoms with van der Waals surface area (Å²) in [5, 5.41) is 8.69. The number of carboxylic acids is 1. The second-order valence-corrected chi connectivity index (χ2v) is 8.51. The van der Waals surface area contributed by atoms with Crippen LogP contribution in [0.4, 0.5) is 4.39 Å². The number of thiocarbonyl (C=S) groups is 1. The van der Waals surface area contributed by atoms with Crippen LogP contribution in [0.2, 0.25) is 0 Å². The maximum absolute atomic E-state index is 14.0. The van der Waals surface area contributed by atoms with Crippen LogP contribution in [0.1, 0.15) is 31.4 Å². The molecule has 0 aliphatic carbocycles. The van der Waals surface area contributed by atoms with Gasteiger partial charge in [0.15, 0.2) is 11.6 Å². The van der Waals surface area contributed by atoms with E-state index in [0.29, 0.717) is 52.0 Å². The average molecular weight is 461 g/mol. The lowest BCUT2D eigenvalue weighted by Gasteiger charge is -2.13. The van der Waals surface area contributed by atoms with Crippen LogP contribution in [-0.2, 0) is 9.59 Å². The van der Waals surface area contributed by atoms with Gasteiger partial charge in [-0.2, -0.15) is 0 Å². The number of halogens is 1. The highest BCUT2D eigenvalue weighted by Gasteiger charge is 2.31. The Morgan fingerprint density at radius 1 is 1.29 bits per heavy atom. The Morgan fingerprint density at radius 2 is 2.10 bits per heavy atom. The minimum absolute atomic E-state index is 0.123. The first kappa shape index (κ1) is 22.9. The van der Waals surface area contributed by atoms with Gasteiger partial charge in [0.05, 0.1) is 23.4 Å². The van der Waals surface area contributed by atoms with Gasteiger partial charge < -0.3 is 9.84 Å². The zero-order valence-corrected chi connectivity index (χ0v) is 18.5. The number of rotatable bonds is 9. The fourth-order valence-electron chi connectivity index (χ4n) is 3.07. The third-order valence-corrected chi connectivity index (χ3v) is 6.02. The number of carbonyl (C=O) groups is 2. The summed E-state index contributed by atoms with van der Waals surface area (Å²) in [6.07, 6.45) is 3.77. The van der Waals surface area contributed by atoms with Crippen molar-refractivity contribution in [2.75, 3.05) is 13.7 Å².